The zero-order valence-corrected chi connectivity index (χ0v) is 13.0. The fourth-order valence-corrected chi connectivity index (χ4v) is 1.61. The number of phenolic OH excluding ortho intramolecular Hbond substituents is 1. The van der Waals surface area contributed by atoms with Crippen LogP contribution in [0.1, 0.15) is 26.3 Å². The molecule has 0 saturated carbocycles. The molecular formula is C15H24N2O4. The fraction of sp³-hybridized carbons (Fsp3) is 0.533. The third-order valence-electron chi connectivity index (χ3n) is 2.58. The lowest BCUT2D eigenvalue weighted by molar-refractivity contribution is 0.0528. The van der Waals surface area contributed by atoms with Crippen molar-refractivity contribution in [2.75, 3.05) is 20.2 Å². The van der Waals surface area contributed by atoms with Gasteiger partial charge in [-0.05, 0) is 26.8 Å². The van der Waals surface area contributed by atoms with Gasteiger partial charge in [0.25, 0.3) is 0 Å². The summed E-state index contributed by atoms with van der Waals surface area (Å²) in [6, 6.07) is 5.15. The van der Waals surface area contributed by atoms with E-state index in [0.717, 1.165) is 5.56 Å². The first-order chi connectivity index (χ1) is 9.81. The molecule has 0 aliphatic rings. The summed E-state index contributed by atoms with van der Waals surface area (Å²) >= 11 is 0. The van der Waals surface area contributed by atoms with Gasteiger partial charge in [-0.25, -0.2) is 4.79 Å². The standard InChI is InChI=1S/C15H24N2O4/c1-15(2,3)21-14(19)17-8-7-16-10-11-5-6-12(20-4)9-13(11)18/h5-6,9,16,18H,7-8,10H2,1-4H3,(H,17,19). The second-order valence-electron chi connectivity index (χ2n) is 5.60. The number of benzene rings is 1. The first kappa shape index (κ1) is 17.1. The Labute approximate surface area is 125 Å². The summed E-state index contributed by atoms with van der Waals surface area (Å²) in [6.07, 6.45) is -0.434. The maximum absolute atomic E-state index is 11.4. The van der Waals surface area contributed by atoms with E-state index in [-0.39, 0.29) is 5.75 Å². The maximum Gasteiger partial charge on any atom is 0.407 e. The van der Waals surface area contributed by atoms with Gasteiger partial charge in [0.1, 0.15) is 17.1 Å². The molecule has 0 fully saturated rings. The van der Waals surface area contributed by atoms with Crippen LogP contribution in [-0.4, -0.2) is 37.0 Å². The number of rotatable bonds is 6. The molecule has 1 aromatic rings. The Hall–Kier alpha value is -1.95. The van der Waals surface area contributed by atoms with E-state index in [1.807, 2.05) is 20.8 Å². The minimum absolute atomic E-state index is 0.182. The van der Waals surface area contributed by atoms with Crippen LogP contribution >= 0.6 is 0 Å². The molecule has 0 spiro atoms. The monoisotopic (exact) mass is 296 g/mol. The fourth-order valence-electron chi connectivity index (χ4n) is 1.61. The Kier molecular flexibility index (Phi) is 6.30. The Morgan fingerprint density at radius 1 is 1.29 bits per heavy atom. The number of ether oxygens (including phenoxy) is 2. The van der Waals surface area contributed by atoms with Gasteiger partial charge >= 0.3 is 6.09 Å². The SMILES string of the molecule is COc1ccc(CNCCNC(=O)OC(C)(C)C)c(O)c1. The van der Waals surface area contributed by atoms with Crippen LogP contribution in [0.2, 0.25) is 0 Å². The number of carbonyl (C=O) groups excluding carboxylic acids is 1. The molecule has 1 aromatic carbocycles. The molecule has 1 rings (SSSR count). The Morgan fingerprint density at radius 2 is 2.00 bits per heavy atom. The molecule has 3 N–H and O–H groups in total. The largest absolute Gasteiger partial charge is 0.507 e. The van der Waals surface area contributed by atoms with Gasteiger partial charge in [-0.3, -0.25) is 0 Å². The normalized spacial score (nSPS) is 11.0. The molecule has 6 nitrogen and oxygen atoms in total. The Balaban J connectivity index is 2.24. The van der Waals surface area contributed by atoms with Crippen molar-refractivity contribution in [1.82, 2.24) is 10.6 Å². The van der Waals surface area contributed by atoms with E-state index in [9.17, 15) is 9.90 Å². The molecule has 0 radical (unpaired) electrons. The molecule has 6 heteroatoms. The summed E-state index contributed by atoms with van der Waals surface area (Å²) in [5, 5.41) is 15.6. The van der Waals surface area contributed by atoms with Gasteiger partial charge in [0.2, 0.25) is 0 Å². The average molecular weight is 296 g/mol. The summed E-state index contributed by atoms with van der Waals surface area (Å²) in [4.78, 5) is 11.4. The Bertz CT molecular complexity index is 469. The molecule has 0 aliphatic carbocycles. The second-order valence-corrected chi connectivity index (χ2v) is 5.60. The molecule has 0 aliphatic heterocycles. The van der Waals surface area contributed by atoms with Crippen molar-refractivity contribution >= 4 is 6.09 Å². The van der Waals surface area contributed by atoms with Crippen LogP contribution < -0.4 is 15.4 Å². The van der Waals surface area contributed by atoms with Crippen molar-refractivity contribution in [3.63, 3.8) is 0 Å². The first-order valence-corrected chi connectivity index (χ1v) is 6.85. The predicted molar refractivity (Wildman–Crippen MR) is 80.6 cm³/mol. The van der Waals surface area contributed by atoms with Crippen molar-refractivity contribution in [3.8, 4) is 11.5 Å². The molecule has 0 heterocycles. The number of phenols is 1. The van der Waals surface area contributed by atoms with Crippen LogP contribution in [0.4, 0.5) is 4.79 Å². The van der Waals surface area contributed by atoms with E-state index in [2.05, 4.69) is 10.6 Å². The van der Waals surface area contributed by atoms with Crippen LogP contribution in [-0.2, 0) is 11.3 Å². The van der Waals surface area contributed by atoms with Gasteiger partial charge < -0.3 is 25.2 Å². The number of carbonyl (C=O) groups is 1. The predicted octanol–water partition coefficient (Wildman–Crippen LogP) is 2.02. The summed E-state index contributed by atoms with van der Waals surface area (Å²) < 4.78 is 10.1. The highest BCUT2D eigenvalue weighted by atomic mass is 16.6. The molecule has 0 atom stereocenters. The van der Waals surface area contributed by atoms with Crippen molar-refractivity contribution in [3.05, 3.63) is 23.8 Å². The van der Waals surface area contributed by atoms with Gasteiger partial charge in [0, 0.05) is 31.3 Å². The summed E-state index contributed by atoms with van der Waals surface area (Å²) in [7, 11) is 1.55. The number of amides is 1. The van der Waals surface area contributed by atoms with E-state index in [1.54, 1.807) is 25.3 Å². The van der Waals surface area contributed by atoms with E-state index in [1.165, 1.54) is 0 Å². The average Bonchev–Trinajstić information content (AvgIpc) is 2.37. The third-order valence-corrected chi connectivity index (χ3v) is 2.58. The highest BCUT2D eigenvalue weighted by Gasteiger charge is 2.15. The Morgan fingerprint density at radius 3 is 2.57 bits per heavy atom. The highest BCUT2D eigenvalue weighted by molar-refractivity contribution is 5.67. The summed E-state index contributed by atoms with van der Waals surface area (Å²) in [5.74, 6) is 0.796. The van der Waals surface area contributed by atoms with Gasteiger partial charge in [-0.15, -0.1) is 0 Å². The molecule has 0 saturated heterocycles. The molecule has 0 bridgehead atoms. The van der Waals surface area contributed by atoms with Crippen molar-refractivity contribution in [2.24, 2.45) is 0 Å². The zero-order chi connectivity index (χ0) is 15.9. The number of hydrogen-bond acceptors (Lipinski definition) is 5. The maximum atomic E-state index is 11.4. The number of nitrogens with one attached hydrogen (secondary N) is 2. The molecule has 118 valence electrons. The second kappa shape index (κ2) is 7.73. The van der Waals surface area contributed by atoms with Crippen molar-refractivity contribution in [1.29, 1.82) is 0 Å². The molecule has 1 amide bonds. The number of aromatic hydroxyl groups is 1. The van der Waals surface area contributed by atoms with Gasteiger partial charge in [-0.1, -0.05) is 6.07 Å². The van der Waals surface area contributed by atoms with Gasteiger partial charge in [0.05, 0.1) is 7.11 Å². The van der Waals surface area contributed by atoms with Gasteiger partial charge in [0.15, 0.2) is 0 Å². The number of methoxy groups -OCH3 is 1. The highest BCUT2D eigenvalue weighted by Crippen LogP contribution is 2.22. The van der Waals surface area contributed by atoms with Crippen molar-refractivity contribution in [2.45, 2.75) is 32.9 Å². The summed E-state index contributed by atoms with van der Waals surface area (Å²) in [5.41, 5.74) is 0.278. The number of hydrogen-bond donors (Lipinski definition) is 3. The van der Waals surface area contributed by atoms with Crippen LogP contribution in [0.3, 0.4) is 0 Å². The summed E-state index contributed by atoms with van der Waals surface area (Å²) in [6.45, 7) is 6.98. The minimum atomic E-state index is -0.494. The minimum Gasteiger partial charge on any atom is -0.507 e. The van der Waals surface area contributed by atoms with Crippen LogP contribution in [0, 0.1) is 0 Å². The lowest BCUT2D eigenvalue weighted by atomic mass is 10.2. The van der Waals surface area contributed by atoms with Crippen LogP contribution in [0.15, 0.2) is 18.2 Å². The molecule has 0 aromatic heterocycles. The number of alkyl carbamates (subject to hydrolysis) is 1. The van der Waals surface area contributed by atoms with Gasteiger partial charge in [-0.2, -0.15) is 0 Å². The molecular weight excluding hydrogens is 272 g/mol. The smallest absolute Gasteiger partial charge is 0.407 e. The zero-order valence-electron chi connectivity index (χ0n) is 13.0. The lowest BCUT2D eigenvalue weighted by Gasteiger charge is -2.19. The van der Waals surface area contributed by atoms with Crippen molar-refractivity contribution < 1.29 is 19.4 Å². The van der Waals surface area contributed by atoms with Crippen LogP contribution in [0.5, 0.6) is 11.5 Å². The molecule has 0 unspecified atom stereocenters. The molecule has 21 heavy (non-hydrogen) atoms. The van der Waals surface area contributed by atoms with E-state index in [0.29, 0.717) is 25.4 Å². The van der Waals surface area contributed by atoms with E-state index >= 15 is 0 Å². The topological polar surface area (TPSA) is 79.8 Å². The third kappa shape index (κ3) is 6.85. The van der Waals surface area contributed by atoms with Crippen LogP contribution in [0.25, 0.3) is 0 Å². The van der Waals surface area contributed by atoms with E-state index in [4.69, 9.17) is 9.47 Å². The first-order valence-electron chi connectivity index (χ1n) is 6.85. The van der Waals surface area contributed by atoms with E-state index < -0.39 is 11.7 Å². The quantitative estimate of drug-likeness (QED) is 0.700. The lowest BCUT2D eigenvalue weighted by Crippen LogP contribution is -2.36.